The van der Waals surface area contributed by atoms with Crippen LogP contribution < -0.4 is 11.1 Å². The van der Waals surface area contributed by atoms with Crippen molar-refractivity contribution in [1.82, 2.24) is 0 Å². The SMILES string of the molecule is NC(=S)c1ccc(Cl)cc1NCCc1ccsc1. The number of rotatable bonds is 5. The lowest BCUT2D eigenvalue weighted by Gasteiger charge is -2.11. The first kappa shape index (κ1) is 13.3. The lowest BCUT2D eigenvalue weighted by molar-refractivity contribution is 1.03. The number of nitrogens with two attached hydrogens (primary N) is 1. The van der Waals surface area contributed by atoms with Gasteiger partial charge in [0.1, 0.15) is 4.99 Å². The first-order chi connectivity index (χ1) is 8.66. The summed E-state index contributed by atoms with van der Waals surface area (Å²) in [5, 5.41) is 8.23. The van der Waals surface area contributed by atoms with Crippen molar-refractivity contribution in [1.29, 1.82) is 0 Å². The Bertz CT molecular complexity index is 538. The van der Waals surface area contributed by atoms with Gasteiger partial charge in [-0.15, -0.1) is 0 Å². The van der Waals surface area contributed by atoms with Gasteiger partial charge in [-0.25, -0.2) is 0 Å². The number of hydrogen-bond acceptors (Lipinski definition) is 3. The van der Waals surface area contributed by atoms with E-state index in [1.165, 1.54) is 5.56 Å². The molecule has 0 saturated carbocycles. The molecule has 2 aromatic rings. The van der Waals surface area contributed by atoms with E-state index < -0.39 is 0 Å². The Morgan fingerprint density at radius 2 is 2.22 bits per heavy atom. The third-order valence-electron chi connectivity index (χ3n) is 2.56. The lowest BCUT2D eigenvalue weighted by Crippen LogP contribution is -2.14. The highest BCUT2D eigenvalue weighted by molar-refractivity contribution is 7.80. The van der Waals surface area contributed by atoms with Crippen LogP contribution in [-0.4, -0.2) is 11.5 Å². The number of anilines is 1. The minimum atomic E-state index is 0.379. The number of nitrogens with one attached hydrogen (secondary N) is 1. The average molecular weight is 297 g/mol. The summed E-state index contributed by atoms with van der Waals surface area (Å²) in [6, 6.07) is 7.61. The molecule has 0 bridgehead atoms. The Morgan fingerprint density at radius 1 is 1.39 bits per heavy atom. The molecule has 0 atom stereocenters. The molecule has 0 spiro atoms. The quantitative estimate of drug-likeness (QED) is 0.827. The molecule has 1 aromatic heterocycles. The van der Waals surface area contributed by atoms with E-state index in [-0.39, 0.29) is 0 Å². The van der Waals surface area contributed by atoms with Crippen LogP contribution in [0.3, 0.4) is 0 Å². The van der Waals surface area contributed by atoms with E-state index in [0.29, 0.717) is 10.0 Å². The summed E-state index contributed by atoms with van der Waals surface area (Å²) in [6.07, 6.45) is 0.965. The van der Waals surface area contributed by atoms with Gasteiger partial charge in [0.25, 0.3) is 0 Å². The van der Waals surface area contributed by atoms with E-state index in [2.05, 4.69) is 22.1 Å². The second-order valence-electron chi connectivity index (χ2n) is 3.86. The van der Waals surface area contributed by atoms with Crippen molar-refractivity contribution < 1.29 is 0 Å². The summed E-state index contributed by atoms with van der Waals surface area (Å²) >= 11 is 12.7. The second kappa shape index (κ2) is 6.18. The third kappa shape index (κ3) is 3.45. The minimum Gasteiger partial charge on any atom is -0.389 e. The topological polar surface area (TPSA) is 38.0 Å². The van der Waals surface area contributed by atoms with Crippen LogP contribution in [0.25, 0.3) is 0 Å². The number of thiophene rings is 1. The van der Waals surface area contributed by atoms with Crippen LogP contribution >= 0.6 is 35.2 Å². The van der Waals surface area contributed by atoms with Gasteiger partial charge >= 0.3 is 0 Å². The highest BCUT2D eigenvalue weighted by Crippen LogP contribution is 2.21. The van der Waals surface area contributed by atoms with E-state index in [1.54, 1.807) is 17.4 Å². The molecule has 2 rings (SSSR count). The molecule has 5 heteroatoms. The number of benzene rings is 1. The van der Waals surface area contributed by atoms with Gasteiger partial charge in [-0.2, -0.15) is 11.3 Å². The predicted octanol–water partition coefficient (Wildman–Crippen LogP) is 3.69. The molecule has 3 N–H and O–H groups in total. The number of hydrogen-bond donors (Lipinski definition) is 2. The Kier molecular flexibility index (Phi) is 4.58. The van der Waals surface area contributed by atoms with Crippen LogP contribution in [0.1, 0.15) is 11.1 Å². The van der Waals surface area contributed by atoms with Gasteiger partial charge in [0.15, 0.2) is 0 Å². The molecule has 0 saturated heterocycles. The zero-order valence-electron chi connectivity index (χ0n) is 9.65. The molecule has 0 unspecified atom stereocenters. The predicted molar refractivity (Wildman–Crippen MR) is 83.9 cm³/mol. The number of halogens is 1. The van der Waals surface area contributed by atoms with Gasteiger partial charge in [0.05, 0.1) is 0 Å². The van der Waals surface area contributed by atoms with Crippen molar-refractivity contribution >= 4 is 45.8 Å². The standard InChI is InChI=1S/C13H13ClN2S2/c14-10-1-2-11(13(15)17)12(7-10)16-5-3-9-4-6-18-8-9/h1-2,4,6-8,16H,3,5H2,(H2,15,17). The maximum Gasteiger partial charge on any atom is 0.106 e. The molecule has 2 nitrogen and oxygen atoms in total. The maximum absolute atomic E-state index is 5.98. The second-order valence-corrected chi connectivity index (χ2v) is 5.52. The summed E-state index contributed by atoms with van der Waals surface area (Å²) in [5.74, 6) is 0. The third-order valence-corrected chi connectivity index (χ3v) is 3.74. The Balaban J connectivity index is 2.03. The van der Waals surface area contributed by atoms with Gasteiger partial charge in [-0.3, -0.25) is 0 Å². The van der Waals surface area contributed by atoms with Crippen molar-refractivity contribution in [3.05, 3.63) is 51.2 Å². The molecule has 0 aliphatic rings. The van der Waals surface area contributed by atoms with Crippen LogP contribution in [0.15, 0.2) is 35.0 Å². The fourth-order valence-electron chi connectivity index (χ4n) is 1.65. The van der Waals surface area contributed by atoms with E-state index in [0.717, 1.165) is 24.2 Å². The summed E-state index contributed by atoms with van der Waals surface area (Å²) in [4.78, 5) is 0.379. The van der Waals surface area contributed by atoms with Gasteiger partial charge in [0, 0.05) is 22.8 Å². The molecule has 1 aromatic carbocycles. The van der Waals surface area contributed by atoms with Crippen LogP contribution in [0, 0.1) is 0 Å². The summed E-state index contributed by atoms with van der Waals surface area (Å²) in [7, 11) is 0. The molecule has 1 heterocycles. The molecule has 0 aliphatic carbocycles. The van der Waals surface area contributed by atoms with Gasteiger partial charge in [-0.1, -0.05) is 23.8 Å². The Hall–Kier alpha value is -1.10. The molecular formula is C13H13ClN2S2. The van der Waals surface area contributed by atoms with Crippen molar-refractivity contribution in [3.8, 4) is 0 Å². The molecule has 0 aliphatic heterocycles. The first-order valence-electron chi connectivity index (χ1n) is 5.51. The first-order valence-corrected chi connectivity index (χ1v) is 7.24. The van der Waals surface area contributed by atoms with Gasteiger partial charge in [-0.05, 0) is 47.0 Å². The highest BCUT2D eigenvalue weighted by Gasteiger charge is 2.05. The molecule has 0 amide bonds. The monoisotopic (exact) mass is 296 g/mol. The fourth-order valence-corrected chi connectivity index (χ4v) is 2.71. The van der Waals surface area contributed by atoms with Crippen LogP contribution in [-0.2, 0) is 6.42 Å². The molecule has 94 valence electrons. The fraction of sp³-hybridized carbons (Fsp3) is 0.154. The molecular weight excluding hydrogens is 284 g/mol. The zero-order valence-corrected chi connectivity index (χ0v) is 12.0. The van der Waals surface area contributed by atoms with Crippen LogP contribution in [0.5, 0.6) is 0 Å². The van der Waals surface area contributed by atoms with Crippen molar-refractivity contribution in [2.45, 2.75) is 6.42 Å². The van der Waals surface area contributed by atoms with Crippen molar-refractivity contribution in [2.24, 2.45) is 5.73 Å². The molecule has 0 fully saturated rings. The van der Waals surface area contributed by atoms with Gasteiger partial charge in [0.2, 0.25) is 0 Å². The van der Waals surface area contributed by atoms with Crippen molar-refractivity contribution in [3.63, 3.8) is 0 Å². The highest BCUT2D eigenvalue weighted by atomic mass is 35.5. The maximum atomic E-state index is 5.98. The Morgan fingerprint density at radius 3 is 2.89 bits per heavy atom. The smallest absolute Gasteiger partial charge is 0.106 e. The van der Waals surface area contributed by atoms with E-state index >= 15 is 0 Å². The normalized spacial score (nSPS) is 10.3. The van der Waals surface area contributed by atoms with Crippen LogP contribution in [0.2, 0.25) is 5.02 Å². The summed E-state index contributed by atoms with van der Waals surface area (Å²) in [5.41, 5.74) is 8.73. The van der Waals surface area contributed by atoms with E-state index in [4.69, 9.17) is 29.6 Å². The van der Waals surface area contributed by atoms with Crippen molar-refractivity contribution in [2.75, 3.05) is 11.9 Å². The van der Waals surface area contributed by atoms with E-state index in [9.17, 15) is 0 Å². The zero-order chi connectivity index (χ0) is 13.0. The van der Waals surface area contributed by atoms with Gasteiger partial charge < -0.3 is 11.1 Å². The largest absolute Gasteiger partial charge is 0.389 e. The summed E-state index contributed by atoms with van der Waals surface area (Å²) in [6.45, 7) is 0.826. The Labute approximate surface area is 121 Å². The lowest BCUT2D eigenvalue weighted by atomic mass is 10.1. The summed E-state index contributed by atoms with van der Waals surface area (Å²) < 4.78 is 0. The number of thiocarbonyl (C=S) groups is 1. The minimum absolute atomic E-state index is 0.379. The van der Waals surface area contributed by atoms with Crippen LogP contribution in [0.4, 0.5) is 5.69 Å². The van der Waals surface area contributed by atoms with E-state index in [1.807, 2.05) is 12.1 Å². The molecule has 18 heavy (non-hydrogen) atoms. The average Bonchev–Trinajstić information content (AvgIpc) is 2.82. The molecule has 0 radical (unpaired) electrons.